The van der Waals surface area contributed by atoms with Gasteiger partial charge in [0.05, 0.1) is 18.8 Å². The molecule has 1 aliphatic carbocycles. The van der Waals surface area contributed by atoms with Crippen LogP contribution in [0, 0.1) is 0 Å². The van der Waals surface area contributed by atoms with Gasteiger partial charge in [-0.2, -0.15) is 0 Å². The van der Waals surface area contributed by atoms with Gasteiger partial charge in [0.15, 0.2) is 0 Å². The van der Waals surface area contributed by atoms with E-state index in [2.05, 4.69) is 0 Å². The van der Waals surface area contributed by atoms with E-state index in [1.54, 1.807) is 6.92 Å². The minimum atomic E-state index is -0.338. The van der Waals surface area contributed by atoms with Gasteiger partial charge in [-0.05, 0) is 31.4 Å². The highest BCUT2D eigenvalue weighted by molar-refractivity contribution is 5.44. The highest BCUT2D eigenvalue weighted by Crippen LogP contribution is 2.36. The van der Waals surface area contributed by atoms with Gasteiger partial charge < -0.3 is 14.9 Å². The van der Waals surface area contributed by atoms with Crippen LogP contribution in [0.15, 0.2) is 18.2 Å². The maximum absolute atomic E-state index is 9.72. The highest BCUT2D eigenvalue weighted by atomic mass is 16.5. The van der Waals surface area contributed by atoms with Gasteiger partial charge in [0, 0.05) is 12.0 Å². The Bertz CT molecular complexity index is 360. The third kappa shape index (κ3) is 2.36. The zero-order chi connectivity index (χ0) is 11.5. The SMILES string of the molecule is CC(O)CCOc1cccc2c1CCC2O. The molecule has 1 aromatic rings. The van der Waals surface area contributed by atoms with Crippen molar-refractivity contribution in [3.63, 3.8) is 0 Å². The number of aliphatic hydroxyl groups is 2. The topological polar surface area (TPSA) is 49.7 Å². The van der Waals surface area contributed by atoms with Crippen molar-refractivity contribution in [3.8, 4) is 5.75 Å². The van der Waals surface area contributed by atoms with Crippen LogP contribution < -0.4 is 4.74 Å². The molecule has 0 bridgehead atoms. The second-order valence-corrected chi connectivity index (χ2v) is 4.36. The normalized spacial score (nSPS) is 20.6. The number of benzene rings is 1. The van der Waals surface area contributed by atoms with Crippen molar-refractivity contribution in [2.45, 2.75) is 38.4 Å². The largest absolute Gasteiger partial charge is 0.493 e. The van der Waals surface area contributed by atoms with Gasteiger partial charge in [-0.1, -0.05) is 12.1 Å². The van der Waals surface area contributed by atoms with Crippen LogP contribution in [0.4, 0.5) is 0 Å². The highest BCUT2D eigenvalue weighted by Gasteiger charge is 2.22. The van der Waals surface area contributed by atoms with Crippen LogP contribution in [-0.2, 0) is 6.42 Å². The fraction of sp³-hybridized carbons (Fsp3) is 0.538. The first-order valence-corrected chi connectivity index (χ1v) is 5.79. The molecule has 1 aliphatic rings. The van der Waals surface area contributed by atoms with E-state index in [4.69, 9.17) is 9.84 Å². The van der Waals surface area contributed by atoms with E-state index in [1.165, 1.54) is 0 Å². The summed E-state index contributed by atoms with van der Waals surface area (Å²) in [5, 5.41) is 18.9. The molecule has 3 nitrogen and oxygen atoms in total. The molecule has 0 radical (unpaired) electrons. The minimum absolute atomic E-state index is 0.331. The first-order valence-electron chi connectivity index (χ1n) is 5.79. The molecular formula is C13H18O3. The van der Waals surface area contributed by atoms with E-state index in [-0.39, 0.29) is 12.2 Å². The molecule has 2 rings (SSSR count). The molecule has 2 atom stereocenters. The summed E-state index contributed by atoms with van der Waals surface area (Å²) < 4.78 is 5.64. The molecule has 0 aromatic heterocycles. The van der Waals surface area contributed by atoms with E-state index < -0.39 is 0 Å². The van der Waals surface area contributed by atoms with Crippen molar-refractivity contribution in [2.24, 2.45) is 0 Å². The van der Waals surface area contributed by atoms with E-state index in [0.717, 1.165) is 29.7 Å². The average molecular weight is 222 g/mol. The van der Waals surface area contributed by atoms with Gasteiger partial charge in [-0.3, -0.25) is 0 Å². The van der Waals surface area contributed by atoms with Gasteiger partial charge in [0.2, 0.25) is 0 Å². The maximum atomic E-state index is 9.72. The third-order valence-corrected chi connectivity index (χ3v) is 2.99. The van der Waals surface area contributed by atoms with Crippen LogP contribution in [-0.4, -0.2) is 22.9 Å². The van der Waals surface area contributed by atoms with Gasteiger partial charge in [-0.25, -0.2) is 0 Å². The Kier molecular flexibility index (Phi) is 3.46. The lowest BCUT2D eigenvalue weighted by Crippen LogP contribution is -2.08. The van der Waals surface area contributed by atoms with Crippen LogP contribution in [0.1, 0.15) is 37.0 Å². The lowest BCUT2D eigenvalue weighted by Gasteiger charge is -2.12. The molecule has 2 unspecified atom stereocenters. The standard InChI is InChI=1S/C13H18O3/c1-9(14)7-8-16-13-4-2-3-10-11(13)5-6-12(10)15/h2-4,9,12,14-15H,5-8H2,1H3. The second-order valence-electron chi connectivity index (χ2n) is 4.36. The molecule has 1 aromatic carbocycles. The molecule has 0 fully saturated rings. The Morgan fingerprint density at radius 1 is 1.50 bits per heavy atom. The van der Waals surface area contributed by atoms with E-state index >= 15 is 0 Å². The number of hydrogen-bond acceptors (Lipinski definition) is 3. The van der Waals surface area contributed by atoms with E-state index in [9.17, 15) is 5.11 Å². The molecule has 0 aliphatic heterocycles. The molecule has 0 amide bonds. The Labute approximate surface area is 95.7 Å². The lowest BCUT2D eigenvalue weighted by molar-refractivity contribution is 0.155. The monoisotopic (exact) mass is 222 g/mol. The zero-order valence-corrected chi connectivity index (χ0v) is 9.52. The smallest absolute Gasteiger partial charge is 0.122 e. The fourth-order valence-electron chi connectivity index (χ4n) is 2.07. The predicted molar refractivity (Wildman–Crippen MR) is 61.5 cm³/mol. The summed E-state index contributed by atoms with van der Waals surface area (Å²) in [6.45, 7) is 2.27. The van der Waals surface area contributed by atoms with Gasteiger partial charge in [0.25, 0.3) is 0 Å². The van der Waals surface area contributed by atoms with Crippen LogP contribution in [0.5, 0.6) is 5.75 Å². The maximum Gasteiger partial charge on any atom is 0.122 e. The summed E-state index contributed by atoms with van der Waals surface area (Å²) in [4.78, 5) is 0. The summed E-state index contributed by atoms with van der Waals surface area (Å²) in [7, 11) is 0. The van der Waals surface area contributed by atoms with Crippen molar-refractivity contribution in [3.05, 3.63) is 29.3 Å². The van der Waals surface area contributed by atoms with Crippen molar-refractivity contribution in [1.29, 1.82) is 0 Å². The number of ether oxygens (including phenoxy) is 1. The Hall–Kier alpha value is -1.06. The molecule has 3 heteroatoms. The summed E-state index contributed by atoms with van der Waals surface area (Å²) in [6, 6.07) is 5.79. The van der Waals surface area contributed by atoms with Crippen molar-refractivity contribution < 1.29 is 14.9 Å². The van der Waals surface area contributed by atoms with Crippen molar-refractivity contribution in [2.75, 3.05) is 6.61 Å². The second kappa shape index (κ2) is 4.85. The molecule has 88 valence electrons. The van der Waals surface area contributed by atoms with Crippen LogP contribution in [0.2, 0.25) is 0 Å². The third-order valence-electron chi connectivity index (χ3n) is 2.99. The van der Waals surface area contributed by atoms with Crippen molar-refractivity contribution in [1.82, 2.24) is 0 Å². The lowest BCUT2D eigenvalue weighted by atomic mass is 10.1. The summed E-state index contributed by atoms with van der Waals surface area (Å²) in [5.41, 5.74) is 2.12. The predicted octanol–water partition coefficient (Wildman–Crippen LogP) is 1.82. The number of rotatable bonds is 4. The van der Waals surface area contributed by atoms with Crippen LogP contribution in [0.25, 0.3) is 0 Å². The van der Waals surface area contributed by atoms with Crippen molar-refractivity contribution >= 4 is 0 Å². The number of fused-ring (bicyclic) bond motifs is 1. The van der Waals surface area contributed by atoms with Crippen LogP contribution >= 0.6 is 0 Å². The Morgan fingerprint density at radius 2 is 2.31 bits per heavy atom. The van der Waals surface area contributed by atoms with Gasteiger partial charge in [0.1, 0.15) is 5.75 Å². The fourth-order valence-corrected chi connectivity index (χ4v) is 2.07. The Balaban J connectivity index is 2.05. The average Bonchev–Trinajstić information content (AvgIpc) is 2.61. The summed E-state index contributed by atoms with van der Waals surface area (Å²) in [5.74, 6) is 0.856. The molecule has 0 saturated heterocycles. The number of hydrogen-bond donors (Lipinski definition) is 2. The van der Waals surface area contributed by atoms with Crippen LogP contribution in [0.3, 0.4) is 0 Å². The first kappa shape index (κ1) is 11.4. The molecular weight excluding hydrogens is 204 g/mol. The van der Waals surface area contributed by atoms with Gasteiger partial charge >= 0.3 is 0 Å². The first-order chi connectivity index (χ1) is 7.68. The Morgan fingerprint density at radius 3 is 3.06 bits per heavy atom. The molecule has 0 heterocycles. The minimum Gasteiger partial charge on any atom is -0.493 e. The quantitative estimate of drug-likeness (QED) is 0.817. The summed E-state index contributed by atoms with van der Waals surface area (Å²) in [6.07, 6.45) is 1.62. The zero-order valence-electron chi connectivity index (χ0n) is 9.52. The van der Waals surface area contributed by atoms with E-state index in [1.807, 2.05) is 18.2 Å². The molecule has 2 N–H and O–H groups in total. The van der Waals surface area contributed by atoms with Gasteiger partial charge in [-0.15, -0.1) is 0 Å². The summed E-state index contributed by atoms with van der Waals surface area (Å²) >= 11 is 0. The molecule has 0 saturated carbocycles. The van der Waals surface area contributed by atoms with E-state index in [0.29, 0.717) is 13.0 Å². The molecule has 16 heavy (non-hydrogen) atoms. The number of aliphatic hydroxyl groups excluding tert-OH is 2. The molecule has 0 spiro atoms.